The van der Waals surface area contributed by atoms with Crippen LogP contribution in [0.2, 0.25) is 0 Å². The Morgan fingerprint density at radius 1 is 0.383 bits per heavy atom. The van der Waals surface area contributed by atoms with Crippen LogP contribution in [-0.4, -0.2) is 24.1 Å². The Morgan fingerprint density at radius 2 is 0.681 bits per heavy atom. The molecule has 4 nitrogen and oxygen atoms in total. The first-order valence-corrected chi connectivity index (χ1v) is 16.0. The molecule has 5 atom stereocenters. The maximum absolute atomic E-state index is 14.2. The predicted molar refractivity (Wildman–Crippen MR) is 179 cm³/mol. The second-order valence-electron chi connectivity index (χ2n) is 12.6. The second kappa shape index (κ2) is 10.1. The molecule has 1 spiro atoms. The predicted octanol–water partition coefficient (Wildman–Crippen LogP) is 8.04. The number of esters is 2. The average molecular weight is 611 g/mol. The van der Waals surface area contributed by atoms with E-state index in [1.807, 2.05) is 84.9 Å². The van der Waals surface area contributed by atoms with Crippen LogP contribution in [-0.2, 0) is 25.7 Å². The van der Waals surface area contributed by atoms with E-state index in [0.29, 0.717) is 11.1 Å². The largest absolute Gasteiger partial charge is 0.453 e. The van der Waals surface area contributed by atoms with Gasteiger partial charge in [0.2, 0.25) is 0 Å². The van der Waals surface area contributed by atoms with Gasteiger partial charge in [0.15, 0.2) is 12.2 Å². The molecule has 4 heteroatoms. The fourth-order valence-electron chi connectivity index (χ4n) is 9.37. The third-order valence-electron chi connectivity index (χ3n) is 10.8. The van der Waals surface area contributed by atoms with Gasteiger partial charge in [-0.1, -0.05) is 146 Å². The monoisotopic (exact) mass is 610 g/mol. The normalized spacial score (nSPS) is 25.9. The SMILES string of the molecule is O=C(OC1C(OC(=O)c2ccccc2)[C@]2(c3ccccc3)c3ccccc3C23c2ccccc2C13c1ccccc1)c1ccccc1. The molecule has 6 aromatic carbocycles. The Balaban J connectivity index is 1.40. The standard InChI is InChI=1S/C43H30O4/c44-39(29-17-5-1-6-18-29)46-37-38(47-40(45)30-19-7-2-8-20-30)42(32-23-11-4-12-24-32)34-26-14-16-28-36(34)43(42)35-27-15-13-25-33(35)41(37,43)31-21-9-3-10-22-31/h1-28,37-38H/t37?,38?,41-,42?,43?/m0/s1. The highest BCUT2D eigenvalue weighted by molar-refractivity contribution is 5.93. The number of benzene rings is 6. The summed E-state index contributed by atoms with van der Waals surface area (Å²) in [5.74, 6) is -0.917. The van der Waals surface area contributed by atoms with Gasteiger partial charge >= 0.3 is 11.9 Å². The molecular formula is C43H30O4. The summed E-state index contributed by atoms with van der Waals surface area (Å²) < 4.78 is 13.7. The molecule has 4 unspecified atom stereocenters. The molecule has 3 aliphatic rings. The van der Waals surface area contributed by atoms with Gasteiger partial charge in [-0.3, -0.25) is 0 Å². The zero-order valence-electron chi connectivity index (χ0n) is 25.5. The number of carbonyl (C=O) groups excluding carboxylic acids is 2. The van der Waals surface area contributed by atoms with Crippen molar-refractivity contribution in [3.8, 4) is 0 Å². The van der Waals surface area contributed by atoms with Gasteiger partial charge < -0.3 is 9.47 Å². The molecular weight excluding hydrogens is 580 g/mol. The van der Waals surface area contributed by atoms with Crippen LogP contribution in [0, 0.1) is 0 Å². The topological polar surface area (TPSA) is 52.6 Å². The summed E-state index contributed by atoms with van der Waals surface area (Å²) in [6.07, 6.45) is -1.76. The van der Waals surface area contributed by atoms with Crippen molar-refractivity contribution in [2.75, 3.05) is 0 Å². The summed E-state index contributed by atoms with van der Waals surface area (Å²) in [5, 5.41) is 0. The van der Waals surface area contributed by atoms with Crippen molar-refractivity contribution >= 4 is 11.9 Å². The van der Waals surface area contributed by atoms with E-state index in [1.165, 1.54) is 0 Å². The molecule has 0 bridgehead atoms. The average Bonchev–Trinajstić information content (AvgIpc) is 3.28. The first-order valence-electron chi connectivity index (χ1n) is 16.0. The molecule has 3 aliphatic carbocycles. The van der Waals surface area contributed by atoms with Crippen molar-refractivity contribution in [3.63, 3.8) is 0 Å². The zero-order valence-corrected chi connectivity index (χ0v) is 25.5. The van der Waals surface area contributed by atoms with Gasteiger partial charge in [-0.25, -0.2) is 9.59 Å². The van der Waals surface area contributed by atoms with E-state index in [0.717, 1.165) is 33.4 Å². The molecule has 0 amide bonds. The van der Waals surface area contributed by atoms with E-state index < -0.39 is 40.4 Å². The fraction of sp³-hybridized carbons (Fsp3) is 0.116. The van der Waals surface area contributed by atoms with Gasteiger partial charge in [-0.15, -0.1) is 0 Å². The van der Waals surface area contributed by atoms with E-state index in [1.54, 1.807) is 24.3 Å². The molecule has 1 saturated carbocycles. The Labute approximate surface area is 273 Å². The van der Waals surface area contributed by atoms with Gasteiger partial charge in [-0.2, -0.15) is 0 Å². The third-order valence-corrected chi connectivity index (χ3v) is 10.8. The minimum Gasteiger partial charge on any atom is -0.453 e. The second-order valence-corrected chi connectivity index (χ2v) is 12.6. The van der Waals surface area contributed by atoms with Crippen LogP contribution < -0.4 is 0 Å². The lowest BCUT2D eigenvalue weighted by Crippen LogP contribution is -2.72. The molecule has 0 saturated heterocycles. The maximum atomic E-state index is 14.2. The minimum absolute atomic E-state index is 0.441. The summed E-state index contributed by atoms with van der Waals surface area (Å²) in [7, 11) is 0. The summed E-state index contributed by atoms with van der Waals surface area (Å²) >= 11 is 0. The molecule has 9 rings (SSSR count). The number of rotatable bonds is 6. The molecule has 0 N–H and O–H groups in total. The zero-order chi connectivity index (χ0) is 31.6. The summed E-state index contributed by atoms with van der Waals surface area (Å²) in [4.78, 5) is 28.5. The lowest BCUT2D eigenvalue weighted by molar-refractivity contribution is -0.0466. The number of carbonyl (C=O) groups is 2. The van der Waals surface area contributed by atoms with Crippen molar-refractivity contribution in [2.24, 2.45) is 0 Å². The van der Waals surface area contributed by atoms with E-state index in [-0.39, 0.29) is 0 Å². The van der Waals surface area contributed by atoms with Crippen LogP contribution in [0.3, 0.4) is 0 Å². The molecule has 226 valence electrons. The molecule has 47 heavy (non-hydrogen) atoms. The maximum Gasteiger partial charge on any atom is 0.338 e. The first-order chi connectivity index (χ1) is 23.2. The van der Waals surface area contributed by atoms with Crippen molar-refractivity contribution < 1.29 is 19.1 Å². The fourth-order valence-corrected chi connectivity index (χ4v) is 9.37. The Hall–Kier alpha value is -5.74. The molecule has 1 fully saturated rings. The number of ether oxygens (including phenoxy) is 2. The molecule has 6 aromatic rings. The van der Waals surface area contributed by atoms with Crippen LogP contribution in [0.4, 0.5) is 0 Å². The van der Waals surface area contributed by atoms with Gasteiger partial charge in [-0.05, 0) is 57.6 Å². The number of hydrogen-bond acceptors (Lipinski definition) is 4. The quantitative estimate of drug-likeness (QED) is 0.179. The van der Waals surface area contributed by atoms with E-state index >= 15 is 0 Å². The highest BCUT2D eigenvalue weighted by atomic mass is 16.6. The molecule has 0 aliphatic heterocycles. The van der Waals surface area contributed by atoms with E-state index in [9.17, 15) is 9.59 Å². The summed E-state index contributed by atoms with van der Waals surface area (Å²) in [5.41, 5.74) is 4.91. The Morgan fingerprint density at radius 3 is 1.04 bits per heavy atom. The van der Waals surface area contributed by atoms with E-state index in [2.05, 4.69) is 60.7 Å². The van der Waals surface area contributed by atoms with Crippen LogP contribution >= 0.6 is 0 Å². The minimum atomic E-state index is -0.882. The van der Waals surface area contributed by atoms with E-state index in [4.69, 9.17) is 9.47 Å². The lowest BCUT2D eigenvalue weighted by Gasteiger charge is -2.69. The molecule has 0 aromatic heterocycles. The van der Waals surface area contributed by atoms with Gasteiger partial charge in [0, 0.05) is 0 Å². The lowest BCUT2D eigenvalue weighted by atomic mass is 9.30. The third kappa shape index (κ3) is 3.27. The van der Waals surface area contributed by atoms with Crippen molar-refractivity contribution in [3.05, 3.63) is 214 Å². The van der Waals surface area contributed by atoms with Crippen LogP contribution in [0.15, 0.2) is 170 Å². The van der Waals surface area contributed by atoms with Crippen molar-refractivity contribution in [1.82, 2.24) is 0 Å². The molecule has 0 radical (unpaired) electrons. The van der Waals surface area contributed by atoms with Crippen molar-refractivity contribution in [2.45, 2.75) is 28.5 Å². The summed E-state index contributed by atoms with van der Waals surface area (Å²) in [6.45, 7) is 0. The van der Waals surface area contributed by atoms with Crippen molar-refractivity contribution in [1.29, 1.82) is 0 Å². The van der Waals surface area contributed by atoms with Crippen LogP contribution in [0.5, 0.6) is 0 Å². The van der Waals surface area contributed by atoms with Crippen LogP contribution in [0.25, 0.3) is 0 Å². The van der Waals surface area contributed by atoms with Crippen LogP contribution in [0.1, 0.15) is 54.1 Å². The Bertz CT molecular complexity index is 1990. The van der Waals surface area contributed by atoms with Gasteiger partial charge in [0.1, 0.15) is 0 Å². The van der Waals surface area contributed by atoms with Gasteiger partial charge in [0.25, 0.3) is 0 Å². The summed E-state index contributed by atoms with van der Waals surface area (Å²) in [6, 6.07) is 55.7. The van der Waals surface area contributed by atoms with Gasteiger partial charge in [0.05, 0.1) is 27.4 Å². The number of hydrogen-bond donors (Lipinski definition) is 0. The smallest absolute Gasteiger partial charge is 0.338 e. The molecule has 0 heterocycles. The first kappa shape index (κ1) is 27.6. The Kier molecular flexibility index (Phi) is 5.94. The highest BCUT2D eigenvalue weighted by Gasteiger charge is 2.90. The highest BCUT2D eigenvalue weighted by Crippen LogP contribution is 2.84. The number of fused-ring (bicyclic) bond motifs is 4.